The molecule has 0 aliphatic heterocycles. The molecule has 0 fully saturated rings. The summed E-state index contributed by atoms with van der Waals surface area (Å²) < 4.78 is 5.26. The van der Waals surface area contributed by atoms with Gasteiger partial charge in [0.05, 0.1) is 7.11 Å². The lowest BCUT2D eigenvalue weighted by molar-refractivity contribution is 0.287. The van der Waals surface area contributed by atoms with E-state index in [2.05, 4.69) is 56.4 Å². The Morgan fingerprint density at radius 1 is 1.00 bits per heavy atom. The van der Waals surface area contributed by atoms with Gasteiger partial charge in [0.25, 0.3) is 0 Å². The molecule has 1 unspecified atom stereocenters. The molecule has 2 aromatic carbocycles. The molecule has 2 heteroatoms. The fraction of sp³-hybridized carbons (Fsp3) is 0.412. The maximum atomic E-state index is 5.26. The molecule has 2 aromatic rings. The smallest absolute Gasteiger partial charge is 0.119 e. The van der Waals surface area contributed by atoms with Crippen LogP contribution in [0, 0.1) is 5.41 Å². The van der Waals surface area contributed by atoms with E-state index in [1.54, 1.807) is 7.11 Å². The van der Waals surface area contributed by atoms with Crippen LogP contribution in [0.2, 0.25) is 0 Å². The van der Waals surface area contributed by atoms with Crippen molar-refractivity contribution in [1.29, 1.82) is 0 Å². The molecule has 1 atom stereocenters. The van der Waals surface area contributed by atoms with Gasteiger partial charge < -0.3 is 10.1 Å². The van der Waals surface area contributed by atoms with Gasteiger partial charge >= 0.3 is 0 Å². The molecule has 0 bridgehead atoms. The van der Waals surface area contributed by atoms with Crippen molar-refractivity contribution < 1.29 is 4.74 Å². The van der Waals surface area contributed by atoms with Gasteiger partial charge in [-0.05, 0) is 47.0 Å². The van der Waals surface area contributed by atoms with Gasteiger partial charge in [0.2, 0.25) is 0 Å². The van der Waals surface area contributed by atoms with Gasteiger partial charge in [-0.15, -0.1) is 0 Å². The van der Waals surface area contributed by atoms with Crippen molar-refractivity contribution in [3.8, 4) is 5.75 Å². The van der Waals surface area contributed by atoms with Gasteiger partial charge in [-0.2, -0.15) is 0 Å². The average Bonchev–Trinajstić information content (AvgIpc) is 2.37. The third-order valence-electron chi connectivity index (χ3n) is 3.56. The molecule has 0 amide bonds. The largest absolute Gasteiger partial charge is 0.497 e. The van der Waals surface area contributed by atoms with Gasteiger partial charge in [-0.25, -0.2) is 0 Å². The SMILES string of the molecule is CNC(c1ccc2cc(OC)ccc2c1)C(C)(C)C. The van der Waals surface area contributed by atoms with E-state index in [1.807, 2.05) is 13.1 Å². The minimum absolute atomic E-state index is 0.189. The minimum atomic E-state index is 0.189. The van der Waals surface area contributed by atoms with Gasteiger partial charge in [-0.1, -0.05) is 39.0 Å². The number of ether oxygens (including phenoxy) is 1. The predicted molar refractivity (Wildman–Crippen MR) is 81.8 cm³/mol. The first-order chi connectivity index (χ1) is 8.95. The molecule has 2 nitrogen and oxygen atoms in total. The zero-order chi connectivity index (χ0) is 14.0. The molecule has 0 saturated carbocycles. The summed E-state index contributed by atoms with van der Waals surface area (Å²) in [6, 6.07) is 13.2. The zero-order valence-electron chi connectivity index (χ0n) is 12.4. The van der Waals surface area contributed by atoms with Crippen molar-refractivity contribution >= 4 is 10.8 Å². The highest BCUT2D eigenvalue weighted by molar-refractivity contribution is 5.84. The molecule has 0 saturated heterocycles. The Hall–Kier alpha value is -1.54. The first kappa shape index (κ1) is 13.9. The van der Waals surface area contributed by atoms with Crippen molar-refractivity contribution in [2.24, 2.45) is 5.41 Å². The van der Waals surface area contributed by atoms with Crippen molar-refractivity contribution in [3.63, 3.8) is 0 Å². The number of benzene rings is 2. The molecule has 19 heavy (non-hydrogen) atoms. The third-order valence-corrected chi connectivity index (χ3v) is 3.56. The normalized spacial score (nSPS) is 13.5. The Morgan fingerprint density at radius 3 is 2.21 bits per heavy atom. The van der Waals surface area contributed by atoms with Crippen LogP contribution >= 0.6 is 0 Å². The Morgan fingerprint density at radius 2 is 1.63 bits per heavy atom. The maximum absolute atomic E-state index is 5.26. The van der Waals surface area contributed by atoms with Gasteiger partial charge in [0.15, 0.2) is 0 Å². The van der Waals surface area contributed by atoms with Crippen molar-refractivity contribution in [2.45, 2.75) is 26.8 Å². The first-order valence-corrected chi connectivity index (χ1v) is 6.70. The van der Waals surface area contributed by atoms with Crippen molar-refractivity contribution in [2.75, 3.05) is 14.2 Å². The Kier molecular flexibility index (Phi) is 3.81. The fourth-order valence-electron chi connectivity index (χ4n) is 2.65. The van der Waals surface area contributed by atoms with Crippen molar-refractivity contribution in [1.82, 2.24) is 5.32 Å². The number of methoxy groups -OCH3 is 1. The second-order valence-electron chi connectivity index (χ2n) is 6.06. The molecular weight excluding hydrogens is 234 g/mol. The summed E-state index contributed by atoms with van der Waals surface area (Å²) in [5.41, 5.74) is 1.52. The van der Waals surface area contributed by atoms with Crippen LogP contribution in [0.1, 0.15) is 32.4 Å². The predicted octanol–water partition coefficient (Wildman–Crippen LogP) is 4.16. The molecule has 2 rings (SSSR count). The number of nitrogens with one attached hydrogen (secondary N) is 1. The summed E-state index contributed by atoms with van der Waals surface area (Å²) in [7, 11) is 3.72. The molecule has 0 aliphatic rings. The van der Waals surface area contributed by atoms with E-state index >= 15 is 0 Å². The number of hydrogen-bond donors (Lipinski definition) is 1. The molecule has 0 radical (unpaired) electrons. The van der Waals surface area contributed by atoms with E-state index in [1.165, 1.54) is 16.3 Å². The summed E-state index contributed by atoms with van der Waals surface area (Å²) >= 11 is 0. The molecule has 0 spiro atoms. The number of rotatable bonds is 3. The summed E-state index contributed by atoms with van der Waals surface area (Å²) in [5, 5.41) is 5.89. The van der Waals surface area contributed by atoms with Gasteiger partial charge in [0, 0.05) is 6.04 Å². The number of hydrogen-bond acceptors (Lipinski definition) is 2. The van der Waals surface area contributed by atoms with Crippen LogP contribution in [0.15, 0.2) is 36.4 Å². The van der Waals surface area contributed by atoms with Crippen LogP contribution in [0.4, 0.5) is 0 Å². The van der Waals surface area contributed by atoms with E-state index < -0.39 is 0 Å². The minimum Gasteiger partial charge on any atom is -0.497 e. The Labute approximate surface area is 115 Å². The van der Waals surface area contributed by atoms with Crippen LogP contribution in [-0.2, 0) is 0 Å². The molecule has 1 N–H and O–H groups in total. The van der Waals surface area contributed by atoms with Gasteiger partial charge in [-0.3, -0.25) is 0 Å². The van der Waals surface area contributed by atoms with Crippen LogP contribution in [0.3, 0.4) is 0 Å². The summed E-state index contributed by atoms with van der Waals surface area (Å²) in [6.45, 7) is 6.77. The molecule has 102 valence electrons. The van der Waals surface area contributed by atoms with E-state index in [0.29, 0.717) is 6.04 Å². The Bertz CT molecular complexity index is 569. The van der Waals surface area contributed by atoms with Gasteiger partial charge in [0.1, 0.15) is 5.75 Å². The molecule has 0 aromatic heterocycles. The lowest BCUT2D eigenvalue weighted by Crippen LogP contribution is -2.29. The second kappa shape index (κ2) is 5.22. The Balaban J connectivity index is 2.46. The fourth-order valence-corrected chi connectivity index (χ4v) is 2.65. The van der Waals surface area contributed by atoms with E-state index in [0.717, 1.165) is 5.75 Å². The topological polar surface area (TPSA) is 21.3 Å². The zero-order valence-corrected chi connectivity index (χ0v) is 12.4. The second-order valence-corrected chi connectivity index (χ2v) is 6.06. The van der Waals surface area contributed by atoms with E-state index in [-0.39, 0.29) is 5.41 Å². The quantitative estimate of drug-likeness (QED) is 0.891. The monoisotopic (exact) mass is 257 g/mol. The standard InChI is InChI=1S/C17H23NO/c1-17(2,3)16(18-4)14-7-6-13-11-15(19-5)9-8-12(13)10-14/h6-11,16,18H,1-5H3. The van der Waals surface area contributed by atoms with Crippen LogP contribution in [0.25, 0.3) is 10.8 Å². The van der Waals surface area contributed by atoms with Crippen LogP contribution in [-0.4, -0.2) is 14.2 Å². The molecule has 0 heterocycles. The highest BCUT2D eigenvalue weighted by atomic mass is 16.5. The average molecular weight is 257 g/mol. The van der Waals surface area contributed by atoms with Crippen LogP contribution < -0.4 is 10.1 Å². The third kappa shape index (κ3) is 2.90. The number of fused-ring (bicyclic) bond motifs is 1. The summed E-state index contributed by atoms with van der Waals surface area (Å²) in [6.07, 6.45) is 0. The molecular formula is C17H23NO. The lowest BCUT2D eigenvalue weighted by Gasteiger charge is -2.31. The summed E-state index contributed by atoms with van der Waals surface area (Å²) in [5.74, 6) is 0.904. The maximum Gasteiger partial charge on any atom is 0.119 e. The lowest BCUT2D eigenvalue weighted by atomic mass is 9.82. The summed E-state index contributed by atoms with van der Waals surface area (Å²) in [4.78, 5) is 0. The van der Waals surface area contributed by atoms with E-state index in [4.69, 9.17) is 4.74 Å². The molecule has 0 aliphatic carbocycles. The van der Waals surface area contributed by atoms with E-state index in [9.17, 15) is 0 Å². The first-order valence-electron chi connectivity index (χ1n) is 6.70. The highest BCUT2D eigenvalue weighted by Crippen LogP contribution is 2.34. The van der Waals surface area contributed by atoms with Crippen LogP contribution in [0.5, 0.6) is 5.75 Å². The van der Waals surface area contributed by atoms with Crippen molar-refractivity contribution in [3.05, 3.63) is 42.0 Å². The highest BCUT2D eigenvalue weighted by Gasteiger charge is 2.24.